The molecular formula is C15H13BrCl2FN. The molecule has 0 aliphatic heterocycles. The molecule has 0 aliphatic rings. The summed E-state index contributed by atoms with van der Waals surface area (Å²) in [5, 5.41) is 4.35. The van der Waals surface area contributed by atoms with Crippen molar-refractivity contribution >= 4 is 39.1 Å². The van der Waals surface area contributed by atoms with Gasteiger partial charge in [0.1, 0.15) is 5.82 Å². The fraction of sp³-hybridized carbons (Fsp3) is 0.200. The molecule has 0 aromatic heterocycles. The minimum atomic E-state index is -0.325. The van der Waals surface area contributed by atoms with Gasteiger partial charge in [-0.1, -0.05) is 35.3 Å². The van der Waals surface area contributed by atoms with Crippen molar-refractivity contribution in [1.29, 1.82) is 0 Å². The smallest absolute Gasteiger partial charge is 0.124 e. The van der Waals surface area contributed by atoms with Crippen molar-refractivity contribution in [1.82, 2.24) is 5.32 Å². The van der Waals surface area contributed by atoms with Crippen LogP contribution in [-0.4, -0.2) is 7.05 Å². The lowest BCUT2D eigenvalue weighted by Crippen LogP contribution is -2.19. The van der Waals surface area contributed by atoms with Crippen LogP contribution in [0.1, 0.15) is 17.2 Å². The molecule has 2 aromatic carbocycles. The normalized spacial score (nSPS) is 12.4. The van der Waals surface area contributed by atoms with Crippen LogP contribution in [0.3, 0.4) is 0 Å². The van der Waals surface area contributed by atoms with E-state index in [0.29, 0.717) is 16.5 Å². The highest BCUT2D eigenvalue weighted by Gasteiger charge is 2.13. The van der Waals surface area contributed by atoms with Crippen molar-refractivity contribution in [2.45, 2.75) is 12.5 Å². The molecule has 0 fully saturated rings. The lowest BCUT2D eigenvalue weighted by molar-refractivity contribution is 0.589. The molecule has 0 aliphatic carbocycles. The van der Waals surface area contributed by atoms with E-state index in [0.717, 1.165) is 15.6 Å². The summed E-state index contributed by atoms with van der Waals surface area (Å²) in [6.45, 7) is 0. The molecule has 106 valence electrons. The quantitative estimate of drug-likeness (QED) is 0.753. The van der Waals surface area contributed by atoms with Crippen LogP contribution < -0.4 is 5.32 Å². The second kappa shape index (κ2) is 6.90. The molecule has 0 saturated heterocycles. The van der Waals surface area contributed by atoms with Crippen LogP contribution in [0.4, 0.5) is 4.39 Å². The minimum Gasteiger partial charge on any atom is -0.313 e. The summed E-state index contributed by atoms with van der Waals surface area (Å²) >= 11 is 15.5. The summed E-state index contributed by atoms with van der Waals surface area (Å²) in [6.07, 6.45) is 0.670. The van der Waals surface area contributed by atoms with Crippen LogP contribution in [0.15, 0.2) is 40.9 Å². The Bertz CT molecular complexity index is 619. The number of likely N-dealkylation sites (N-methyl/N-ethyl adjacent to an activating group) is 1. The van der Waals surface area contributed by atoms with Gasteiger partial charge in [-0.15, -0.1) is 0 Å². The van der Waals surface area contributed by atoms with E-state index in [-0.39, 0.29) is 11.9 Å². The predicted molar refractivity (Wildman–Crippen MR) is 86.1 cm³/mol. The van der Waals surface area contributed by atoms with Gasteiger partial charge in [-0.25, -0.2) is 4.39 Å². The first-order valence-electron chi connectivity index (χ1n) is 6.07. The molecule has 1 unspecified atom stereocenters. The van der Waals surface area contributed by atoms with Gasteiger partial charge in [0, 0.05) is 15.5 Å². The van der Waals surface area contributed by atoms with Gasteiger partial charge >= 0.3 is 0 Å². The van der Waals surface area contributed by atoms with E-state index in [9.17, 15) is 4.39 Å². The molecule has 20 heavy (non-hydrogen) atoms. The molecule has 5 heteroatoms. The molecular weight excluding hydrogens is 364 g/mol. The Balaban J connectivity index is 2.26. The van der Waals surface area contributed by atoms with E-state index in [4.69, 9.17) is 23.2 Å². The number of benzene rings is 2. The summed E-state index contributed by atoms with van der Waals surface area (Å²) in [4.78, 5) is 0. The zero-order chi connectivity index (χ0) is 14.7. The van der Waals surface area contributed by atoms with Gasteiger partial charge in [0.2, 0.25) is 0 Å². The summed E-state index contributed by atoms with van der Waals surface area (Å²) in [5.41, 5.74) is 1.99. The van der Waals surface area contributed by atoms with Gasteiger partial charge in [0.15, 0.2) is 0 Å². The van der Waals surface area contributed by atoms with E-state index < -0.39 is 0 Å². The van der Waals surface area contributed by atoms with Crippen molar-refractivity contribution in [2.75, 3.05) is 7.05 Å². The number of nitrogens with one attached hydrogen (secondary N) is 1. The second-order valence-corrected chi connectivity index (χ2v) is 6.12. The van der Waals surface area contributed by atoms with Crippen molar-refractivity contribution in [3.05, 3.63) is 67.9 Å². The van der Waals surface area contributed by atoms with Crippen molar-refractivity contribution < 1.29 is 4.39 Å². The SMILES string of the molecule is CNC(Cc1ccc(F)cc1Cl)c1ccc(Cl)c(Br)c1. The van der Waals surface area contributed by atoms with Gasteiger partial charge in [-0.05, 0) is 64.8 Å². The summed E-state index contributed by atoms with van der Waals surface area (Å²) in [7, 11) is 1.88. The Morgan fingerprint density at radius 1 is 1.15 bits per heavy atom. The van der Waals surface area contributed by atoms with Crippen LogP contribution in [0.2, 0.25) is 10.0 Å². The number of hydrogen-bond acceptors (Lipinski definition) is 1. The summed E-state index contributed by atoms with van der Waals surface area (Å²) < 4.78 is 13.9. The largest absolute Gasteiger partial charge is 0.313 e. The van der Waals surface area contributed by atoms with Crippen LogP contribution in [0.25, 0.3) is 0 Å². The third kappa shape index (κ3) is 3.73. The molecule has 0 heterocycles. The first-order chi connectivity index (χ1) is 9.51. The first-order valence-corrected chi connectivity index (χ1v) is 7.62. The van der Waals surface area contributed by atoms with E-state index in [1.54, 1.807) is 6.07 Å². The van der Waals surface area contributed by atoms with Crippen LogP contribution >= 0.6 is 39.1 Å². The maximum atomic E-state index is 13.1. The van der Waals surface area contributed by atoms with Crippen LogP contribution in [0, 0.1) is 5.82 Å². The van der Waals surface area contributed by atoms with Crippen molar-refractivity contribution in [2.24, 2.45) is 0 Å². The Kier molecular flexibility index (Phi) is 5.44. The third-order valence-electron chi connectivity index (χ3n) is 3.13. The van der Waals surface area contributed by atoms with E-state index in [2.05, 4.69) is 21.2 Å². The molecule has 1 nitrogen and oxygen atoms in total. The van der Waals surface area contributed by atoms with Crippen molar-refractivity contribution in [3.63, 3.8) is 0 Å². The molecule has 1 N–H and O–H groups in total. The minimum absolute atomic E-state index is 0.0755. The van der Waals surface area contributed by atoms with Gasteiger partial charge in [0.25, 0.3) is 0 Å². The Morgan fingerprint density at radius 3 is 2.50 bits per heavy atom. The zero-order valence-corrected chi connectivity index (χ0v) is 13.9. The maximum Gasteiger partial charge on any atom is 0.124 e. The molecule has 0 radical (unpaired) electrons. The monoisotopic (exact) mass is 375 g/mol. The first kappa shape index (κ1) is 15.8. The number of hydrogen-bond donors (Lipinski definition) is 1. The maximum absolute atomic E-state index is 13.1. The highest BCUT2D eigenvalue weighted by molar-refractivity contribution is 9.10. The molecule has 0 amide bonds. The Labute approximate surface area is 136 Å². The molecule has 0 spiro atoms. The predicted octanol–water partition coefficient (Wildman–Crippen LogP) is 5.40. The molecule has 0 saturated carbocycles. The Morgan fingerprint density at radius 2 is 1.90 bits per heavy atom. The van der Waals surface area contributed by atoms with Crippen molar-refractivity contribution in [3.8, 4) is 0 Å². The molecule has 1 atom stereocenters. The van der Waals surface area contributed by atoms with Gasteiger partial charge in [-0.2, -0.15) is 0 Å². The fourth-order valence-electron chi connectivity index (χ4n) is 2.02. The fourth-order valence-corrected chi connectivity index (χ4v) is 2.78. The molecule has 2 rings (SSSR count). The topological polar surface area (TPSA) is 12.0 Å². The molecule has 2 aromatic rings. The number of rotatable bonds is 4. The standard InChI is InChI=1S/C15H13BrCl2FN/c1-20-15(10-3-5-13(17)12(16)6-10)7-9-2-4-11(19)8-14(9)18/h2-6,8,15,20H,7H2,1H3. The van der Waals surface area contributed by atoms with E-state index in [1.165, 1.54) is 12.1 Å². The summed E-state index contributed by atoms with van der Waals surface area (Å²) in [5.74, 6) is -0.325. The lowest BCUT2D eigenvalue weighted by atomic mass is 9.99. The number of halogens is 4. The highest BCUT2D eigenvalue weighted by Crippen LogP contribution is 2.29. The summed E-state index contributed by atoms with van der Waals surface area (Å²) in [6, 6.07) is 10.3. The average Bonchev–Trinajstić information content (AvgIpc) is 2.41. The van der Waals surface area contributed by atoms with Crippen LogP contribution in [0.5, 0.6) is 0 Å². The lowest BCUT2D eigenvalue weighted by Gasteiger charge is -2.18. The van der Waals surface area contributed by atoms with E-state index in [1.807, 2.05) is 25.2 Å². The average molecular weight is 377 g/mol. The van der Waals surface area contributed by atoms with Gasteiger partial charge in [-0.3, -0.25) is 0 Å². The third-order valence-corrected chi connectivity index (χ3v) is 4.70. The zero-order valence-electron chi connectivity index (χ0n) is 10.8. The van der Waals surface area contributed by atoms with E-state index >= 15 is 0 Å². The second-order valence-electron chi connectivity index (χ2n) is 4.45. The van der Waals surface area contributed by atoms with Crippen LogP contribution in [-0.2, 0) is 6.42 Å². The van der Waals surface area contributed by atoms with Gasteiger partial charge < -0.3 is 5.32 Å². The Hall–Kier alpha value is -0.610. The van der Waals surface area contributed by atoms with Gasteiger partial charge in [0.05, 0.1) is 5.02 Å². The molecule has 0 bridgehead atoms. The highest BCUT2D eigenvalue weighted by atomic mass is 79.9.